The molecule has 0 saturated carbocycles. The quantitative estimate of drug-likeness (QED) is 0.369. The average Bonchev–Trinajstić information content (AvgIpc) is 2.75. The zero-order valence-corrected chi connectivity index (χ0v) is 19.2. The molecule has 0 amide bonds. The van der Waals surface area contributed by atoms with Crippen LogP contribution in [0.4, 0.5) is 0 Å². The maximum atomic E-state index is 9.93. The Bertz CT molecular complexity index is 669. The Balaban J connectivity index is 1.75. The van der Waals surface area contributed by atoms with E-state index in [1.165, 1.54) is 11.1 Å². The van der Waals surface area contributed by atoms with Gasteiger partial charge in [0.15, 0.2) is 0 Å². The standard InChI is InChI=1S/C25H38N2O4/c1-18(2)26-14-22(28)16-30-24-9-5-20(6-10-24)13-21-7-11-25(12-8-21)31-17-23(29)15-27-19(3)4/h5-12,18-19,22-23,26-29H,13-17H2,1-4H3/t22-,23-/m1/s1. The predicted molar refractivity (Wildman–Crippen MR) is 125 cm³/mol. The maximum Gasteiger partial charge on any atom is 0.119 e. The lowest BCUT2D eigenvalue weighted by Crippen LogP contribution is -2.35. The van der Waals surface area contributed by atoms with Gasteiger partial charge in [-0.1, -0.05) is 52.0 Å². The molecular formula is C25H38N2O4. The van der Waals surface area contributed by atoms with Crippen molar-refractivity contribution in [1.29, 1.82) is 0 Å². The van der Waals surface area contributed by atoms with E-state index in [1.807, 2.05) is 76.2 Å². The summed E-state index contributed by atoms with van der Waals surface area (Å²) >= 11 is 0. The highest BCUT2D eigenvalue weighted by Gasteiger charge is 2.07. The zero-order valence-electron chi connectivity index (χ0n) is 19.2. The van der Waals surface area contributed by atoms with Crippen LogP contribution in [-0.4, -0.2) is 60.8 Å². The second-order valence-electron chi connectivity index (χ2n) is 8.52. The van der Waals surface area contributed by atoms with E-state index in [1.54, 1.807) is 0 Å². The third-order valence-electron chi connectivity index (χ3n) is 4.66. The Labute approximate surface area is 186 Å². The summed E-state index contributed by atoms with van der Waals surface area (Å²) in [5.74, 6) is 1.50. The lowest BCUT2D eigenvalue weighted by Gasteiger charge is -2.15. The molecular weight excluding hydrogens is 392 g/mol. The summed E-state index contributed by atoms with van der Waals surface area (Å²) in [6.45, 7) is 9.75. The number of hydrogen-bond donors (Lipinski definition) is 4. The highest BCUT2D eigenvalue weighted by atomic mass is 16.5. The Kier molecular flexibility index (Phi) is 10.8. The fraction of sp³-hybridized carbons (Fsp3) is 0.520. The van der Waals surface area contributed by atoms with Crippen LogP contribution >= 0.6 is 0 Å². The molecule has 6 nitrogen and oxygen atoms in total. The molecule has 0 aliphatic rings. The first kappa shape index (κ1) is 25.1. The molecule has 0 aliphatic carbocycles. The topological polar surface area (TPSA) is 83.0 Å². The SMILES string of the molecule is CC(C)NC[C@@H](O)COc1ccc(Cc2ccc(OC[C@H](O)CNC(C)C)cc2)cc1. The predicted octanol–water partition coefficient (Wildman–Crippen LogP) is 2.75. The van der Waals surface area contributed by atoms with Crippen molar-refractivity contribution in [3.63, 3.8) is 0 Å². The lowest BCUT2D eigenvalue weighted by atomic mass is 10.0. The highest BCUT2D eigenvalue weighted by molar-refractivity contribution is 5.34. The molecule has 0 spiro atoms. The van der Waals surface area contributed by atoms with E-state index in [4.69, 9.17) is 9.47 Å². The van der Waals surface area contributed by atoms with E-state index >= 15 is 0 Å². The fourth-order valence-corrected chi connectivity index (χ4v) is 2.89. The Morgan fingerprint density at radius 1 is 0.645 bits per heavy atom. The van der Waals surface area contributed by atoms with Gasteiger partial charge in [0.2, 0.25) is 0 Å². The number of rotatable bonds is 14. The van der Waals surface area contributed by atoms with Gasteiger partial charge >= 0.3 is 0 Å². The summed E-state index contributed by atoms with van der Waals surface area (Å²) < 4.78 is 11.3. The molecule has 2 atom stereocenters. The van der Waals surface area contributed by atoms with Crippen molar-refractivity contribution in [2.75, 3.05) is 26.3 Å². The van der Waals surface area contributed by atoms with Crippen molar-refractivity contribution in [3.05, 3.63) is 59.7 Å². The maximum absolute atomic E-state index is 9.93. The molecule has 0 heterocycles. The van der Waals surface area contributed by atoms with Crippen LogP contribution < -0.4 is 20.1 Å². The van der Waals surface area contributed by atoms with Crippen LogP contribution in [-0.2, 0) is 6.42 Å². The second-order valence-corrected chi connectivity index (χ2v) is 8.52. The van der Waals surface area contributed by atoms with Gasteiger partial charge in [0.1, 0.15) is 36.9 Å². The Hall–Kier alpha value is -2.12. The largest absolute Gasteiger partial charge is 0.491 e. The van der Waals surface area contributed by atoms with E-state index in [0.29, 0.717) is 25.2 Å². The van der Waals surface area contributed by atoms with Crippen LogP contribution in [0, 0.1) is 0 Å². The smallest absolute Gasteiger partial charge is 0.119 e. The van der Waals surface area contributed by atoms with Crippen molar-refractivity contribution in [2.24, 2.45) is 0 Å². The monoisotopic (exact) mass is 430 g/mol. The molecule has 6 heteroatoms. The van der Waals surface area contributed by atoms with Gasteiger partial charge in [0, 0.05) is 25.2 Å². The van der Waals surface area contributed by atoms with Crippen LogP contribution in [0.5, 0.6) is 11.5 Å². The fourth-order valence-electron chi connectivity index (χ4n) is 2.89. The van der Waals surface area contributed by atoms with Gasteiger partial charge in [-0.2, -0.15) is 0 Å². The van der Waals surface area contributed by atoms with Crippen molar-refractivity contribution < 1.29 is 19.7 Å². The zero-order chi connectivity index (χ0) is 22.6. The first-order valence-corrected chi connectivity index (χ1v) is 11.1. The molecule has 31 heavy (non-hydrogen) atoms. The minimum Gasteiger partial charge on any atom is -0.491 e. The van der Waals surface area contributed by atoms with E-state index in [-0.39, 0.29) is 13.2 Å². The minimum absolute atomic E-state index is 0.267. The van der Waals surface area contributed by atoms with Crippen LogP contribution in [0.1, 0.15) is 38.8 Å². The molecule has 0 unspecified atom stereocenters. The summed E-state index contributed by atoms with van der Waals surface area (Å²) in [6.07, 6.45) is -0.256. The molecule has 0 saturated heterocycles. The Morgan fingerprint density at radius 3 is 1.32 bits per heavy atom. The van der Waals surface area contributed by atoms with Crippen molar-refractivity contribution in [1.82, 2.24) is 10.6 Å². The van der Waals surface area contributed by atoms with Gasteiger partial charge in [0.25, 0.3) is 0 Å². The highest BCUT2D eigenvalue weighted by Crippen LogP contribution is 2.18. The molecule has 0 radical (unpaired) electrons. The number of aliphatic hydroxyl groups excluding tert-OH is 2. The van der Waals surface area contributed by atoms with E-state index in [9.17, 15) is 10.2 Å². The molecule has 4 N–H and O–H groups in total. The molecule has 0 aromatic heterocycles. The molecule has 2 rings (SSSR count). The average molecular weight is 431 g/mol. The molecule has 0 bridgehead atoms. The van der Waals surface area contributed by atoms with Gasteiger partial charge in [-0.05, 0) is 41.8 Å². The van der Waals surface area contributed by atoms with Gasteiger partial charge in [-0.15, -0.1) is 0 Å². The molecule has 2 aromatic rings. The summed E-state index contributed by atoms with van der Waals surface area (Å²) in [7, 11) is 0. The number of benzene rings is 2. The summed E-state index contributed by atoms with van der Waals surface area (Å²) in [5, 5.41) is 26.2. The van der Waals surface area contributed by atoms with Gasteiger partial charge < -0.3 is 30.3 Å². The Morgan fingerprint density at radius 2 is 1.00 bits per heavy atom. The molecule has 0 aliphatic heterocycles. The van der Waals surface area contributed by atoms with Crippen LogP contribution in [0.3, 0.4) is 0 Å². The van der Waals surface area contributed by atoms with Crippen molar-refractivity contribution in [3.8, 4) is 11.5 Å². The normalized spacial score (nSPS) is 13.4. The van der Waals surface area contributed by atoms with Gasteiger partial charge in [0.05, 0.1) is 0 Å². The minimum atomic E-state index is -0.532. The van der Waals surface area contributed by atoms with E-state index < -0.39 is 12.2 Å². The molecule has 2 aromatic carbocycles. The van der Waals surface area contributed by atoms with Crippen molar-refractivity contribution in [2.45, 2.75) is 58.4 Å². The number of ether oxygens (including phenoxy) is 2. The van der Waals surface area contributed by atoms with Crippen LogP contribution in [0.2, 0.25) is 0 Å². The summed E-state index contributed by atoms with van der Waals surface area (Å²) in [6, 6.07) is 16.6. The van der Waals surface area contributed by atoms with E-state index in [2.05, 4.69) is 10.6 Å². The second kappa shape index (κ2) is 13.3. The lowest BCUT2D eigenvalue weighted by molar-refractivity contribution is 0.104. The first-order chi connectivity index (χ1) is 14.8. The van der Waals surface area contributed by atoms with Crippen LogP contribution in [0.25, 0.3) is 0 Å². The number of nitrogens with one attached hydrogen (secondary N) is 2. The van der Waals surface area contributed by atoms with Crippen LogP contribution in [0.15, 0.2) is 48.5 Å². The number of aliphatic hydroxyl groups is 2. The first-order valence-electron chi connectivity index (χ1n) is 11.1. The van der Waals surface area contributed by atoms with Gasteiger partial charge in [-0.3, -0.25) is 0 Å². The molecule has 0 fully saturated rings. The van der Waals surface area contributed by atoms with Crippen molar-refractivity contribution >= 4 is 0 Å². The third-order valence-corrected chi connectivity index (χ3v) is 4.66. The number of hydrogen-bond acceptors (Lipinski definition) is 6. The third kappa shape index (κ3) is 10.6. The van der Waals surface area contributed by atoms with Gasteiger partial charge in [-0.25, -0.2) is 0 Å². The van der Waals surface area contributed by atoms with E-state index in [0.717, 1.165) is 17.9 Å². The summed E-state index contributed by atoms with van der Waals surface area (Å²) in [4.78, 5) is 0. The molecule has 172 valence electrons. The summed E-state index contributed by atoms with van der Waals surface area (Å²) in [5.41, 5.74) is 2.36.